The number of unbranched alkanes of at least 4 members (excludes halogenated alkanes) is 8. The van der Waals surface area contributed by atoms with E-state index in [0.717, 1.165) is 19.3 Å². The van der Waals surface area contributed by atoms with Crippen molar-refractivity contribution in [3.63, 3.8) is 0 Å². The number of nitrogens with zero attached hydrogens (tertiary/aromatic N) is 1. The van der Waals surface area contributed by atoms with Crippen LogP contribution in [-0.4, -0.2) is 134 Å². The Morgan fingerprint density at radius 1 is 0.865 bits per heavy atom. The van der Waals surface area contributed by atoms with Gasteiger partial charge in [0.2, 0.25) is 5.91 Å². The first-order valence-corrected chi connectivity index (χ1v) is 13.4. The largest absolute Gasteiger partial charge is 0.394 e. The highest BCUT2D eigenvalue weighted by atomic mass is 16.7. The van der Waals surface area contributed by atoms with E-state index < -0.39 is 68.3 Å². The first-order valence-electron chi connectivity index (χ1n) is 13.4. The van der Waals surface area contributed by atoms with Crippen molar-refractivity contribution in [1.82, 2.24) is 4.90 Å². The minimum Gasteiger partial charge on any atom is -0.394 e. The quantitative estimate of drug-likeness (QED) is 0.0900. The highest BCUT2D eigenvalue weighted by molar-refractivity contribution is 5.75. The second kappa shape index (κ2) is 18.4. The summed E-state index contributed by atoms with van der Waals surface area (Å²) >= 11 is 0. The van der Waals surface area contributed by atoms with Crippen LogP contribution < -0.4 is 0 Å². The van der Waals surface area contributed by atoms with Crippen molar-refractivity contribution in [2.45, 2.75) is 126 Å². The number of aliphatic hydroxyl groups excluding tert-OH is 8. The molecule has 0 unspecified atom stereocenters. The van der Waals surface area contributed by atoms with Crippen LogP contribution in [-0.2, 0) is 14.3 Å². The second-order valence-electron chi connectivity index (χ2n) is 9.96. The van der Waals surface area contributed by atoms with E-state index in [1.807, 2.05) is 0 Å². The summed E-state index contributed by atoms with van der Waals surface area (Å²) in [7, 11) is 1.47. The molecule has 0 aromatic heterocycles. The van der Waals surface area contributed by atoms with Crippen LogP contribution in [0.2, 0.25) is 0 Å². The van der Waals surface area contributed by atoms with Gasteiger partial charge in [-0.15, -0.1) is 0 Å². The van der Waals surface area contributed by atoms with Crippen molar-refractivity contribution in [2.75, 3.05) is 26.8 Å². The molecule has 1 aliphatic rings. The van der Waals surface area contributed by atoms with Crippen LogP contribution in [0.5, 0.6) is 0 Å². The molecule has 220 valence electrons. The van der Waals surface area contributed by atoms with Crippen LogP contribution in [0.15, 0.2) is 0 Å². The molecule has 1 aliphatic heterocycles. The summed E-state index contributed by atoms with van der Waals surface area (Å²) in [5, 5.41) is 80.0. The summed E-state index contributed by atoms with van der Waals surface area (Å²) in [6.45, 7) is 0.307. The van der Waals surface area contributed by atoms with E-state index in [0.29, 0.717) is 12.8 Å². The van der Waals surface area contributed by atoms with Gasteiger partial charge in [-0.05, 0) is 6.42 Å². The summed E-state index contributed by atoms with van der Waals surface area (Å²) in [5.41, 5.74) is 0. The molecule has 12 heteroatoms. The fourth-order valence-corrected chi connectivity index (χ4v) is 4.32. The molecule has 1 heterocycles. The zero-order valence-electron chi connectivity index (χ0n) is 22.1. The first-order chi connectivity index (χ1) is 17.6. The smallest absolute Gasteiger partial charge is 0.222 e. The van der Waals surface area contributed by atoms with E-state index in [4.69, 9.17) is 9.47 Å². The van der Waals surface area contributed by atoms with Crippen LogP contribution in [0.4, 0.5) is 0 Å². The predicted molar refractivity (Wildman–Crippen MR) is 133 cm³/mol. The Morgan fingerprint density at radius 2 is 1.43 bits per heavy atom. The Hall–Kier alpha value is -0.930. The Balaban J connectivity index is 2.56. The van der Waals surface area contributed by atoms with Gasteiger partial charge in [0.25, 0.3) is 0 Å². The summed E-state index contributed by atoms with van der Waals surface area (Å²) in [6, 6.07) is 0. The third kappa shape index (κ3) is 11.4. The fraction of sp³-hybridized carbons (Fsp3) is 0.960. The normalized spacial score (nSPS) is 27.5. The highest BCUT2D eigenvalue weighted by Crippen LogP contribution is 2.25. The molecule has 8 N–H and O–H groups in total. The van der Waals surface area contributed by atoms with Crippen molar-refractivity contribution in [3.05, 3.63) is 0 Å². The maximum Gasteiger partial charge on any atom is 0.222 e. The molecule has 37 heavy (non-hydrogen) atoms. The average Bonchev–Trinajstić information content (AvgIpc) is 2.89. The first kappa shape index (κ1) is 34.1. The van der Waals surface area contributed by atoms with Gasteiger partial charge in [-0.1, -0.05) is 58.3 Å². The maximum atomic E-state index is 12.4. The minimum absolute atomic E-state index is 0.219. The number of ether oxygens (including phenoxy) is 2. The van der Waals surface area contributed by atoms with Crippen LogP contribution >= 0.6 is 0 Å². The van der Waals surface area contributed by atoms with Crippen LogP contribution in [0.25, 0.3) is 0 Å². The number of rotatable bonds is 19. The second-order valence-corrected chi connectivity index (χ2v) is 9.96. The van der Waals surface area contributed by atoms with Gasteiger partial charge in [-0.3, -0.25) is 4.79 Å². The topological polar surface area (TPSA) is 201 Å². The Kier molecular flexibility index (Phi) is 16.9. The molecule has 0 spiro atoms. The molecule has 0 aliphatic carbocycles. The van der Waals surface area contributed by atoms with Crippen molar-refractivity contribution < 1.29 is 55.1 Å². The lowest BCUT2D eigenvalue weighted by Gasteiger charge is -2.42. The number of likely N-dealkylation sites (N-methyl/N-ethyl adjacent to an activating group) is 1. The molecule has 0 radical (unpaired) electrons. The minimum atomic E-state index is -1.82. The monoisotopic (exact) mass is 539 g/mol. The van der Waals surface area contributed by atoms with E-state index in [2.05, 4.69) is 6.92 Å². The molecule has 1 amide bonds. The van der Waals surface area contributed by atoms with Crippen molar-refractivity contribution in [3.8, 4) is 0 Å². The maximum absolute atomic E-state index is 12.4. The third-order valence-electron chi connectivity index (χ3n) is 6.82. The van der Waals surface area contributed by atoms with Gasteiger partial charge in [-0.2, -0.15) is 0 Å². The molecule has 0 saturated carbocycles. The SMILES string of the molecule is CCCCCCCCCCCC(=O)N(C)C[C@H](O)[C@@H](O)[C@H](O[C@@H]1O[C@H](CO)[C@H](O)[C@H](O)[C@H]1O)[C@H](O)CO. The molecule has 0 aromatic carbocycles. The number of carbonyl (C=O) groups is 1. The lowest BCUT2D eigenvalue weighted by Crippen LogP contribution is -2.61. The molecule has 1 fully saturated rings. The Labute approximate surface area is 219 Å². The molecular formula is C25H49NO11. The van der Waals surface area contributed by atoms with Gasteiger partial charge in [-0.25, -0.2) is 0 Å². The number of carbonyl (C=O) groups excluding carboxylic acids is 1. The predicted octanol–water partition coefficient (Wildman–Crippen LogP) is -1.37. The van der Waals surface area contributed by atoms with Crippen LogP contribution in [0.1, 0.15) is 71.1 Å². The summed E-state index contributed by atoms with van der Waals surface area (Å²) < 4.78 is 10.6. The van der Waals surface area contributed by atoms with Gasteiger partial charge >= 0.3 is 0 Å². The zero-order valence-corrected chi connectivity index (χ0v) is 22.1. The van der Waals surface area contributed by atoms with E-state index in [1.165, 1.54) is 44.1 Å². The van der Waals surface area contributed by atoms with Gasteiger partial charge < -0.3 is 55.2 Å². The number of aliphatic hydroxyl groups is 8. The summed E-state index contributed by atoms with van der Waals surface area (Å²) in [4.78, 5) is 13.7. The standard InChI is InChI=1S/C25H49NO11/c1-3-4-5-6-7-8-9-10-11-12-19(31)26(2)13-16(29)20(32)24(17(30)14-27)37-25-23(35)22(34)21(33)18(15-28)36-25/h16-18,20-25,27-30,32-35H,3-15H2,1-2H3/t16-,17+,18+,20+,21-,22-,23+,24+,25-/m0/s1. The zero-order chi connectivity index (χ0) is 28.0. The number of hydrogen-bond acceptors (Lipinski definition) is 11. The molecule has 1 rings (SSSR count). The van der Waals surface area contributed by atoms with Gasteiger partial charge in [0.05, 0.1) is 13.2 Å². The van der Waals surface area contributed by atoms with Crippen molar-refractivity contribution in [2.24, 2.45) is 0 Å². The average molecular weight is 540 g/mol. The molecule has 0 aromatic rings. The van der Waals surface area contributed by atoms with Gasteiger partial charge in [0.15, 0.2) is 6.29 Å². The van der Waals surface area contributed by atoms with E-state index in [1.54, 1.807) is 0 Å². The van der Waals surface area contributed by atoms with Gasteiger partial charge in [0, 0.05) is 20.0 Å². The van der Waals surface area contributed by atoms with Crippen LogP contribution in [0, 0.1) is 0 Å². The molecular weight excluding hydrogens is 490 g/mol. The van der Waals surface area contributed by atoms with Gasteiger partial charge in [0.1, 0.15) is 48.8 Å². The van der Waals surface area contributed by atoms with Crippen molar-refractivity contribution >= 4 is 5.91 Å². The summed E-state index contributed by atoms with van der Waals surface area (Å²) in [5.74, 6) is -0.219. The highest BCUT2D eigenvalue weighted by Gasteiger charge is 2.46. The Bertz CT molecular complexity index is 611. The molecule has 0 bridgehead atoms. The molecule has 12 nitrogen and oxygen atoms in total. The number of hydrogen-bond donors (Lipinski definition) is 8. The van der Waals surface area contributed by atoms with Crippen LogP contribution in [0.3, 0.4) is 0 Å². The molecule has 9 atom stereocenters. The molecule has 1 saturated heterocycles. The van der Waals surface area contributed by atoms with Crippen molar-refractivity contribution in [1.29, 1.82) is 0 Å². The van der Waals surface area contributed by atoms with E-state index >= 15 is 0 Å². The van der Waals surface area contributed by atoms with E-state index in [-0.39, 0.29) is 12.5 Å². The van der Waals surface area contributed by atoms with E-state index in [9.17, 15) is 45.6 Å². The fourth-order valence-electron chi connectivity index (χ4n) is 4.32. The number of amides is 1. The Morgan fingerprint density at radius 3 is 1.97 bits per heavy atom. The summed E-state index contributed by atoms with van der Waals surface area (Å²) in [6.07, 6.45) is -4.71. The lowest BCUT2D eigenvalue weighted by molar-refractivity contribution is -0.327. The lowest BCUT2D eigenvalue weighted by atomic mass is 9.98. The third-order valence-corrected chi connectivity index (χ3v) is 6.82.